The molecule has 76 valence electrons. The summed E-state index contributed by atoms with van der Waals surface area (Å²) >= 11 is 5.71. The Bertz CT molecular complexity index is 538. The number of hydrogen-bond donors (Lipinski definition) is 1. The van der Waals surface area contributed by atoms with Crippen LogP contribution >= 0.6 is 11.6 Å². The summed E-state index contributed by atoms with van der Waals surface area (Å²) in [5, 5.41) is 3.80. The molecule has 2 N–H and O–H groups in total. The second-order valence-corrected chi connectivity index (χ2v) is 3.20. The van der Waals surface area contributed by atoms with E-state index in [2.05, 4.69) is 10.1 Å². The van der Waals surface area contributed by atoms with E-state index in [9.17, 15) is 4.79 Å². The standard InChI is InChI=1S/C9H7ClN4O/c10-8-6(11)5-13-14(9(8)15)7-3-1-2-4-12-7/h1-5H,11H2. The van der Waals surface area contributed by atoms with E-state index in [4.69, 9.17) is 17.3 Å². The molecule has 0 fully saturated rings. The molecule has 0 aliphatic rings. The molecule has 0 aromatic carbocycles. The van der Waals surface area contributed by atoms with E-state index >= 15 is 0 Å². The number of nitrogens with zero attached hydrogens (tertiary/aromatic N) is 3. The lowest BCUT2D eigenvalue weighted by Gasteiger charge is -2.03. The first kappa shape index (κ1) is 9.67. The van der Waals surface area contributed by atoms with Gasteiger partial charge in [-0.15, -0.1) is 0 Å². The molecule has 2 aromatic heterocycles. The fourth-order valence-corrected chi connectivity index (χ4v) is 1.22. The number of rotatable bonds is 1. The highest BCUT2D eigenvalue weighted by Gasteiger charge is 2.08. The number of pyridine rings is 1. The maximum atomic E-state index is 11.6. The monoisotopic (exact) mass is 222 g/mol. The summed E-state index contributed by atoms with van der Waals surface area (Å²) in [5.74, 6) is 0.407. The van der Waals surface area contributed by atoms with E-state index in [0.29, 0.717) is 5.82 Å². The van der Waals surface area contributed by atoms with Crippen molar-refractivity contribution >= 4 is 17.3 Å². The fraction of sp³-hybridized carbons (Fsp3) is 0. The predicted octanol–water partition coefficient (Wildman–Crippen LogP) is 0.863. The van der Waals surface area contributed by atoms with Gasteiger partial charge in [-0.25, -0.2) is 4.98 Å². The van der Waals surface area contributed by atoms with E-state index in [1.807, 2.05) is 0 Å². The van der Waals surface area contributed by atoms with Gasteiger partial charge in [0.15, 0.2) is 5.82 Å². The van der Waals surface area contributed by atoms with Crippen molar-refractivity contribution in [3.63, 3.8) is 0 Å². The summed E-state index contributed by atoms with van der Waals surface area (Å²) in [6.07, 6.45) is 2.88. The Balaban J connectivity index is 2.66. The minimum absolute atomic E-state index is 0.0457. The average Bonchev–Trinajstić information content (AvgIpc) is 2.27. The molecule has 0 amide bonds. The summed E-state index contributed by atoms with van der Waals surface area (Å²) in [6, 6.07) is 5.15. The van der Waals surface area contributed by atoms with Crippen LogP contribution in [0.25, 0.3) is 5.82 Å². The Labute approximate surface area is 90.1 Å². The molecule has 0 aliphatic carbocycles. The van der Waals surface area contributed by atoms with Crippen molar-refractivity contribution in [3.05, 3.63) is 46.0 Å². The number of aromatic nitrogens is 3. The number of halogens is 1. The third-order valence-electron chi connectivity index (χ3n) is 1.81. The van der Waals surface area contributed by atoms with Crippen LogP contribution in [0.1, 0.15) is 0 Å². The van der Waals surface area contributed by atoms with Crippen LogP contribution in [0.5, 0.6) is 0 Å². The van der Waals surface area contributed by atoms with Gasteiger partial charge in [0, 0.05) is 6.20 Å². The van der Waals surface area contributed by atoms with Gasteiger partial charge in [0.25, 0.3) is 5.56 Å². The summed E-state index contributed by atoms with van der Waals surface area (Å²) in [4.78, 5) is 15.6. The molecule has 0 atom stereocenters. The van der Waals surface area contributed by atoms with Crippen molar-refractivity contribution in [3.8, 4) is 5.82 Å². The Morgan fingerprint density at radius 1 is 1.40 bits per heavy atom. The summed E-state index contributed by atoms with van der Waals surface area (Å²) < 4.78 is 1.10. The van der Waals surface area contributed by atoms with E-state index in [1.165, 1.54) is 6.20 Å². The van der Waals surface area contributed by atoms with E-state index in [1.54, 1.807) is 24.4 Å². The molecule has 0 aliphatic heterocycles. The minimum atomic E-state index is -0.477. The summed E-state index contributed by atoms with van der Waals surface area (Å²) in [7, 11) is 0. The summed E-state index contributed by atoms with van der Waals surface area (Å²) in [6.45, 7) is 0. The first-order valence-electron chi connectivity index (χ1n) is 4.15. The summed E-state index contributed by atoms with van der Waals surface area (Å²) in [5.41, 5.74) is 5.12. The van der Waals surface area contributed by atoms with Gasteiger partial charge >= 0.3 is 0 Å². The second-order valence-electron chi connectivity index (χ2n) is 2.82. The topological polar surface area (TPSA) is 73.8 Å². The Morgan fingerprint density at radius 2 is 2.20 bits per heavy atom. The average molecular weight is 223 g/mol. The largest absolute Gasteiger partial charge is 0.396 e. The van der Waals surface area contributed by atoms with E-state index in [0.717, 1.165) is 4.68 Å². The van der Waals surface area contributed by atoms with Gasteiger partial charge in [0.2, 0.25) is 0 Å². The van der Waals surface area contributed by atoms with Crippen LogP contribution in [0.2, 0.25) is 5.02 Å². The Morgan fingerprint density at radius 3 is 2.87 bits per heavy atom. The molecule has 0 saturated carbocycles. The highest BCUT2D eigenvalue weighted by Crippen LogP contribution is 2.11. The lowest BCUT2D eigenvalue weighted by molar-refractivity contribution is 0.784. The number of anilines is 1. The number of hydrogen-bond acceptors (Lipinski definition) is 4. The highest BCUT2D eigenvalue weighted by molar-refractivity contribution is 6.32. The van der Waals surface area contributed by atoms with Crippen LogP contribution in [0, 0.1) is 0 Å². The smallest absolute Gasteiger partial charge is 0.293 e. The van der Waals surface area contributed by atoms with Crippen molar-refractivity contribution < 1.29 is 0 Å². The van der Waals surface area contributed by atoms with Gasteiger partial charge in [0.1, 0.15) is 5.02 Å². The zero-order chi connectivity index (χ0) is 10.8. The maximum Gasteiger partial charge on any atom is 0.293 e. The molecule has 0 saturated heterocycles. The van der Waals surface area contributed by atoms with Crippen molar-refractivity contribution in [1.29, 1.82) is 0 Å². The van der Waals surface area contributed by atoms with Gasteiger partial charge in [0.05, 0.1) is 11.9 Å². The van der Waals surface area contributed by atoms with Crippen molar-refractivity contribution in [2.45, 2.75) is 0 Å². The lowest BCUT2D eigenvalue weighted by Crippen LogP contribution is -2.23. The molecule has 0 bridgehead atoms. The van der Waals surface area contributed by atoms with Crippen LogP contribution in [-0.2, 0) is 0 Å². The van der Waals surface area contributed by atoms with Crippen LogP contribution < -0.4 is 11.3 Å². The Kier molecular flexibility index (Phi) is 2.39. The minimum Gasteiger partial charge on any atom is -0.396 e. The van der Waals surface area contributed by atoms with Gasteiger partial charge < -0.3 is 5.73 Å². The lowest BCUT2D eigenvalue weighted by atomic mass is 10.4. The van der Waals surface area contributed by atoms with Crippen molar-refractivity contribution in [2.24, 2.45) is 0 Å². The molecule has 6 heteroatoms. The van der Waals surface area contributed by atoms with Crippen LogP contribution in [-0.4, -0.2) is 14.8 Å². The fourth-order valence-electron chi connectivity index (χ4n) is 1.09. The van der Waals surface area contributed by atoms with E-state index < -0.39 is 5.56 Å². The zero-order valence-electron chi connectivity index (χ0n) is 7.59. The van der Waals surface area contributed by atoms with Gasteiger partial charge in [-0.2, -0.15) is 9.78 Å². The first-order valence-corrected chi connectivity index (χ1v) is 4.52. The molecule has 0 spiro atoms. The first-order chi connectivity index (χ1) is 7.20. The highest BCUT2D eigenvalue weighted by atomic mass is 35.5. The molecule has 2 rings (SSSR count). The molecule has 0 unspecified atom stereocenters. The SMILES string of the molecule is Nc1cnn(-c2ccccn2)c(=O)c1Cl. The van der Waals surface area contributed by atoms with Crippen molar-refractivity contribution in [2.75, 3.05) is 5.73 Å². The predicted molar refractivity (Wildman–Crippen MR) is 57.1 cm³/mol. The van der Waals surface area contributed by atoms with Crippen LogP contribution in [0.4, 0.5) is 5.69 Å². The van der Waals surface area contributed by atoms with E-state index in [-0.39, 0.29) is 10.7 Å². The maximum absolute atomic E-state index is 11.6. The normalized spacial score (nSPS) is 10.2. The number of nitrogens with two attached hydrogens (primary N) is 1. The van der Waals surface area contributed by atoms with Crippen LogP contribution in [0.15, 0.2) is 35.4 Å². The van der Waals surface area contributed by atoms with Gasteiger partial charge in [-0.3, -0.25) is 4.79 Å². The molecular weight excluding hydrogens is 216 g/mol. The third kappa shape index (κ3) is 1.69. The van der Waals surface area contributed by atoms with Gasteiger partial charge in [-0.1, -0.05) is 17.7 Å². The Hall–Kier alpha value is -1.88. The quantitative estimate of drug-likeness (QED) is 0.777. The molecule has 15 heavy (non-hydrogen) atoms. The third-order valence-corrected chi connectivity index (χ3v) is 2.19. The molecule has 2 aromatic rings. The molecule has 2 heterocycles. The zero-order valence-corrected chi connectivity index (χ0v) is 8.35. The van der Waals surface area contributed by atoms with Crippen LogP contribution in [0.3, 0.4) is 0 Å². The molecule has 0 radical (unpaired) electrons. The number of nitrogen functional groups attached to an aromatic ring is 1. The molecule has 5 nitrogen and oxygen atoms in total. The van der Waals surface area contributed by atoms with Crippen molar-refractivity contribution in [1.82, 2.24) is 14.8 Å². The molecular formula is C9H7ClN4O. The van der Waals surface area contributed by atoms with Gasteiger partial charge in [-0.05, 0) is 12.1 Å². The second kappa shape index (κ2) is 3.70.